The lowest BCUT2D eigenvalue weighted by atomic mass is 9.96. The van der Waals surface area contributed by atoms with E-state index in [-0.39, 0.29) is 43.4 Å². The van der Waals surface area contributed by atoms with Gasteiger partial charge in [-0.15, -0.1) is 11.8 Å². The molecule has 2 saturated heterocycles. The summed E-state index contributed by atoms with van der Waals surface area (Å²) < 4.78 is 14.0. The maximum absolute atomic E-state index is 12.7. The second-order valence-electron chi connectivity index (χ2n) is 7.67. The van der Waals surface area contributed by atoms with E-state index < -0.39 is 29.0 Å². The minimum atomic E-state index is -0.831. The Hall–Kier alpha value is -2.75. The molecule has 9 nitrogen and oxygen atoms in total. The molecule has 0 aliphatic carbocycles. The molecule has 168 valence electrons. The summed E-state index contributed by atoms with van der Waals surface area (Å²) in [7, 11) is 0. The fraction of sp³-hybridized carbons (Fsp3) is 0.524. The average Bonchev–Trinajstić information content (AvgIpc) is 2.98. The standard InChI is InChI=1S/C21H26N2O7S/c1-4-28-20(27)30-11-10-29-19(26)16-21(2,3)31-18-15(17(25)23(16)18)22-14(24)12-13-8-6-5-7-9-13/h5-9,15-16,18H,4,10-12H2,1-3H3,(H,22,24)/t15-,16+,18-/m1/s1. The van der Waals surface area contributed by atoms with Crippen molar-refractivity contribution >= 4 is 35.7 Å². The van der Waals surface area contributed by atoms with E-state index >= 15 is 0 Å². The Labute approximate surface area is 184 Å². The number of rotatable bonds is 8. The number of benzene rings is 1. The van der Waals surface area contributed by atoms with Crippen molar-refractivity contribution in [1.29, 1.82) is 0 Å². The highest BCUT2D eigenvalue weighted by Gasteiger charge is 2.64. The molecule has 0 bridgehead atoms. The van der Waals surface area contributed by atoms with Gasteiger partial charge >= 0.3 is 12.1 Å². The summed E-state index contributed by atoms with van der Waals surface area (Å²) in [5.74, 6) is -1.13. The topological polar surface area (TPSA) is 111 Å². The van der Waals surface area contributed by atoms with Crippen LogP contribution in [0.5, 0.6) is 0 Å². The van der Waals surface area contributed by atoms with Gasteiger partial charge in [-0.2, -0.15) is 0 Å². The first kappa shape index (κ1) is 22.9. The van der Waals surface area contributed by atoms with Crippen molar-refractivity contribution in [3.05, 3.63) is 35.9 Å². The number of hydrogen-bond acceptors (Lipinski definition) is 8. The number of nitrogens with one attached hydrogen (secondary N) is 1. The summed E-state index contributed by atoms with van der Waals surface area (Å²) in [5.41, 5.74) is 0.856. The average molecular weight is 451 g/mol. The Morgan fingerprint density at radius 3 is 2.45 bits per heavy atom. The van der Waals surface area contributed by atoms with Crippen LogP contribution >= 0.6 is 11.8 Å². The Kier molecular flexibility index (Phi) is 7.09. The first-order valence-corrected chi connectivity index (χ1v) is 10.9. The molecule has 10 heteroatoms. The predicted octanol–water partition coefficient (Wildman–Crippen LogP) is 1.49. The lowest BCUT2D eigenvalue weighted by Crippen LogP contribution is -2.70. The molecule has 3 atom stereocenters. The van der Waals surface area contributed by atoms with Crippen LogP contribution in [0, 0.1) is 0 Å². The molecule has 2 amide bonds. The normalized spacial score (nSPS) is 23.4. The van der Waals surface area contributed by atoms with E-state index in [2.05, 4.69) is 10.1 Å². The summed E-state index contributed by atoms with van der Waals surface area (Å²) >= 11 is 1.45. The highest BCUT2D eigenvalue weighted by molar-refractivity contribution is 8.01. The molecule has 1 aromatic carbocycles. The zero-order valence-corrected chi connectivity index (χ0v) is 18.5. The Balaban J connectivity index is 1.53. The van der Waals surface area contributed by atoms with Gasteiger partial charge in [0.25, 0.3) is 0 Å². The van der Waals surface area contributed by atoms with Gasteiger partial charge in [0.1, 0.15) is 30.7 Å². The van der Waals surface area contributed by atoms with E-state index in [1.807, 2.05) is 44.2 Å². The summed E-state index contributed by atoms with van der Waals surface area (Å²) in [5, 5.41) is 2.45. The zero-order chi connectivity index (χ0) is 22.6. The summed E-state index contributed by atoms with van der Waals surface area (Å²) in [6.07, 6.45) is -0.653. The van der Waals surface area contributed by atoms with Gasteiger partial charge in [0.2, 0.25) is 11.8 Å². The molecular formula is C21H26N2O7S. The van der Waals surface area contributed by atoms with Gasteiger partial charge in [-0.1, -0.05) is 30.3 Å². The predicted molar refractivity (Wildman–Crippen MR) is 112 cm³/mol. The molecule has 0 aromatic heterocycles. The molecule has 2 fully saturated rings. The largest absolute Gasteiger partial charge is 0.508 e. The van der Waals surface area contributed by atoms with Gasteiger partial charge in [0.15, 0.2) is 0 Å². The van der Waals surface area contributed by atoms with Crippen molar-refractivity contribution in [3.8, 4) is 0 Å². The smallest absolute Gasteiger partial charge is 0.460 e. The quantitative estimate of drug-likeness (QED) is 0.360. The fourth-order valence-electron chi connectivity index (χ4n) is 3.64. The third kappa shape index (κ3) is 5.12. The second kappa shape index (κ2) is 9.59. The van der Waals surface area contributed by atoms with Crippen LogP contribution in [0.4, 0.5) is 4.79 Å². The molecule has 2 heterocycles. The van der Waals surface area contributed by atoms with Crippen LogP contribution in [0.25, 0.3) is 0 Å². The maximum atomic E-state index is 12.7. The van der Waals surface area contributed by atoms with Crippen molar-refractivity contribution in [3.63, 3.8) is 0 Å². The monoisotopic (exact) mass is 450 g/mol. The first-order valence-electron chi connectivity index (χ1n) is 10.0. The van der Waals surface area contributed by atoms with Crippen LogP contribution in [0.2, 0.25) is 0 Å². The molecule has 3 rings (SSSR count). The summed E-state index contributed by atoms with van der Waals surface area (Å²) in [6.45, 7) is 5.27. The van der Waals surface area contributed by atoms with Crippen molar-refractivity contribution in [2.45, 2.75) is 49.4 Å². The highest BCUT2D eigenvalue weighted by Crippen LogP contribution is 2.51. The van der Waals surface area contributed by atoms with Crippen LogP contribution in [-0.4, -0.2) is 70.9 Å². The molecule has 2 aliphatic rings. The van der Waals surface area contributed by atoms with Crippen molar-refractivity contribution in [2.24, 2.45) is 0 Å². The number of β-lactam (4-membered cyclic amide) rings is 1. The molecule has 1 N–H and O–H groups in total. The second-order valence-corrected chi connectivity index (χ2v) is 9.44. The minimum Gasteiger partial charge on any atom is -0.460 e. The highest BCUT2D eigenvalue weighted by atomic mass is 32.2. The number of ether oxygens (including phenoxy) is 3. The number of hydrogen-bond donors (Lipinski definition) is 1. The van der Waals surface area contributed by atoms with Gasteiger partial charge in [-0.25, -0.2) is 9.59 Å². The molecule has 0 saturated carbocycles. The summed E-state index contributed by atoms with van der Waals surface area (Å²) in [6, 6.07) is 7.79. The van der Waals surface area contributed by atoms with Gasteiger partial charge < -0.3 is 24.4 Å². The van der Waals surface area contributed by atoms with Crippen LogP contribution in [0.1, 0.15) is 26.3 Å². The Morgan fingerprint density at radius 1 is 1.10 bits per heavy atom. The van der Waals surface area contributed by atoms with Crippen LogP contribution in [0.15, 0.2) is 30.3 Å². The number of fused-ring (bicyclic) bond motifs is 1. The maximum Gasteiger partial charge on any atom is 0.508 e. The number of nitrogens with zero attached hydrogens (tertiary/aromatic N) is 1. The van der Waals surface area contributed by atoms with E-state index in [1.165, 1.54) is 16.7 Å². The minimum absolute atomic E-state index is 0.138. The van der Waals surface area contributed by atoms with E-state index in [0.29, 0.717) is 0 Å². The molecule has 0 radical (unpaired) electrons. The molecule has 31 heavy (non-hydrogen) atoms. The Morgan fingerprint density at radius 2 is 1.77 bits per heavy atom. The lowest BCUT2D eigenvalue weighted by molar-refractivity contribution is -0.165. The van der Waals surface area contributed by atoms with E-state index in [0.717, 1.165) is 5.56 Å². The van der Waals surface area contributed by atoms with Gasteiger partial charge in [-0.05, 0) is 26.3 Å². The van der Waals surface area contributed by atoms with Crippen LogP contribution in [-0.2, 0) is 35.0 Å². The van der Waals surface area contributed by atoms with Crippen molar-refractivity contribution in [2.75, 3.05) is 19.8 Å². The molecule has 1 aromatic rings. The molecule has 2 aliphatic heterocycles. The Bertz CT molecular complexity index is 845. The number of amides is 2. The van der Waals surface area contributed by atoms with E-state index in [1.54, 1.807) is 6.92 Å². The number of carbonyl (C=O) groups excluding carboxylic acids is 4. The SMILES string of the molecule is CCOC(=O)OCCOC(=O)[C@@H]1N2C(=O)[C@@H](NC(=O)Cc3ccccc3)[C@H]2SC1(C)C. The van der Waals surface area contributed by atoms with Crippen molar-refractivity contribution in [1.82, 2.24) is 10.2 Å². The van der Waals surface area contributed by atoms with Gasteiger partial charge in [-0.3, -0.25) is 9.59 Å². The van der Waals surface area contributed by atoms with Crippen LogP contribution < -0.4 is 5.32 Å². The fourth-order valence-corrected chi connectivity index (χ4v) is 5.26. The van der Waals surface area contributed by atoms with E-state index in [9.17, 15) is 19.2 Å². The molecule has 0 unspecified atom stereocenters. The number of carbonyl (C=O) groups is 4. The van der Waals surface area contributed by atoms with Gasteiger partial charge in [0.05, 0.1) is 13.0 Å². The number of thioether (sulfide) groups is 1. The van der Waals surface area contributed by atoms with Gasteiger partial charge in [0, 0.05) is 4.75 Å². The third-order valence-electron chi connectivity index (χ3n) is 5.00. The van der Waals surface area contributed by atoms with Crippen molar-refractivity contribution < 1.29 is 33.4 Å². The molecule has 0 spiro atoms. The first-order chi connectivity index (χ1) is 14.7. The zero-order valence-electron chi connectivity index (χ0n) is 17.7. The van der Waals surface area contributed by atoms with E-state index in [4.69, 9.17) is 9.47 Å². The number of esters is 1. The van der Waals surface area contributed by atoms with Crippen LogP contribution in [0.3, 0.4) is 0 Å². The lowest BCUT2D eigenvalue weighted by Gasteiger charge is -2.43. The summed E-state index contributed by atoms with van der Waals surface area (Å²) in [4.78, 5) is 50.4. The third-order valence-corrected chi connectivity index (χ3v) is 6.57. The molecular weight excluding hydrogens is 424 g/mol.